The standard InChI is InChI=1S/C52H65NO/c1-30-23-39-41(27-33-17-16-18-38(33)44(39)32-19-21-35(22-20-32)49(3,4)5)46(30)53-47-31(2)24-40-42(47)29-43(52(12,13)14)48(54-15)45(40)34-25-36(50(6,7)8)28-37(26-34)51(9,10)11/h19-29,46-47,53H,16-18H2,1-15H3. The number of hydrogen-bond acceptors (Lipinski definition) is 2. The molecule has 0 saturated carbocycles. The van der Waals surface area contributed by atoms with E-state index in [9.17, 15) is 0 Å². The predicted molar refractivity (Wildman–Crippen MR) is 233 cm³/mol. The maximum atomic E-state index is 6.47. The largest absolute Gasteiger partial charge is 0.496 e. The van der Waals surface area contributed by atoms with Crippen LogP contribution < -0.4 is 10.1 Å². The molecule has 7 rings (SSSR count). The van der Waals surface area contributed by atoms with Gasteiger partial charge in [-0.15, -0.1) is 0 Å². The van der Waals surface area contributed by atoms with Crippen molar-refractivity contribution in [2.24, 2.45) is 0 Å². The summed E-state index contributed by atoms with van der Waals surface area (Å²) in [6, 6.07) is 22.0. The van der Waals surface area contributed by atoms with Crippen LogP contribution in [0.2, 0.25) is 0 Å². The molecule has 3 aliphatic carbocycles. The lowest BCUT2D eigenvalue weighted by Crippen LogP contribution is -2.27. The van der Waals surface area contributed by atoms with E-state index in [1.807, 2.05) is 7.11 Å². The summed E-state index contributed by atoms with van der Waals surface area (Å²) in [7, 11) is 1.86. The quantitative estimate of drug-likeness (QED) is 0.222. The Balaban J connectivity index is 1.38. The van der Waals surface area contributed by atoms with Crippen molar-refractivity contribution < 1.29 is 4.74 Å². The summed E-state index contributed by atoms with van der Waals surface area (Å²) in [4.78, 5) is 0. The molecule has 0 saturated heterocycles. The van der Waals surface area contributed by atoms with Gasteiger partial charge in [-0.05, 0) is 128 Å². The Bertz CT molecular complexity index is 2160. The number of fused-ring (bicyclic) bond motifs is 3. The molecule has 2 nitrogen and oxygen atoms in total. The van der Waals surface area contributed by atoms with Crippen molar-refractivity contribution in [1.29, 1.82) is 0 Å². The van der Waals surface area contributed by atoms with E-state index < -0.39 is 0 Å². The third-order valence-corrected chi connectivity index (χ3v) is 12.4. The van der Waals surface area contributed by atoms with Gasteiger partial charge >= 0.3 is 0 Å². The van der Waals surface area contributed by atoms with E-state index in [0.29, 0.717) is 0 Å². The summed E-state index contributed by atoms with van der Waals surface area (Å²) in [5.41, 5.74) is 22.0. The first kappa shape index (κ1) is 38.4. The van der Waals surface area contributed by atoms with E-state index in [2.05, 4.69) is 169 Å². The fourth-order valence-electron chi connectivity index (χ4n) is 9.16. The minimum atomic E-state index is -0.113. The normalized spacial score (nSPS) is 18.4. The second-order valence-electron chi connectivity index (χ2n) is 20.8. The van der Waals surface area contributed by atoms with Gasteiger partial charge in [0.15, 0.2) is 0 Å². The van der Waals surface area contributed by atoms with Crippen LogP contribution in [0, 0.1) is 0 Å². The van der Waals surface area contributed by atoms with Crippen LogP contribution >= 0.6 is 0 Å². The summed E-state index contributed by atoms with van der Waals surface area (Å²) < 4.78 is 6.47. The van der Waals surface area contributed by atoms with Crippen molar-refractivity contribution in [3.05, 3.63) is 121 Å². The Hall–Kier alpha value is -3.88. The van der Waals surface area contributed by atoms with Crippen molar-refractivity contribution in [2.45, 2.75) is 150 Å². The molecule has 0 amide bonds. The molecule has 0 radical (unpaired) electrons. The molecule has 0 bridgehead atoms. The molecule has 0 fully saturated rings. The van der Waals surface area contributed by atoms with Crippen molar-refractivity contribution in [1.82, 2.24) is 5.32 Å². The first-order chi connectivity index (χ1) is 25.1. The lowest BCUT2D eigenvalue weighted by molar-refractivity contribution is 0.398. The summed E-state index contributed by atoms with van der Waals surface area (Å²) in [5, 5.41) is 4.28. The van der Waals surface area contributed by atoms with Gasteiger partial charge in [-0.25, -0.2) is 0 Å². The van der Waals surface area contributed by atoms with E-state index >= 15 is 0 Å². The van der Waals surface area contributed by atoms with Gasteiger partial charge in [0.2, 0.25) is 0 Å². The molecular formula is C52H65NO. The highest BCUT2D eigenvalue weighted by atomic mass is 16.5. The van der Waals surface area contributed by atoms with Crippen LogP contribution in [0.3, 0.4) is 0 Å². The fourth-order valence-corrected chi connectivity index (χ4v) is 9.16. The van der Waals surface area contributed by atoms with Gasteiger partial charge in [-0.2, -0.15) is 0 Å². The number of ether oxygens (including phenoxy) is 1. The molecule has 2 atom stereocenters. The van der Waals surface area contributed by atoms with Gasteiger partial charge in [-0.3, -0.25) is 5.32 Å². The van der Waals surface area contributed by atoms with E-state index in [4.69, 9.17) is 4.74 Å². The zero-order valence-electron chi connectivity index (χ0n) is 36.0. The Morgan fingerprint density at radius 3 is 1.57 bits per heavy atom. The molecule has 2 unspecified atom stereocenters. The summed E-state index contributed by atoms with van der Waals surface area (Å²) in [5.74, 6) is 0.997. The average molecular weight is 720 g/mol. The SMILES string of the molecule is COc1c(C(C)(C)C)cc2c(c1-c1cc(C(C)(C)C)cc(C(C)(C)C)c1)C=C(C)C2NC1C(C)=Cc2c1cc1c(c2-c2ccc(C(C)(C)C)cc2)CCC1. The number of rotatable bonds is 5. The van der Waals surface area contributed by atoms with Crippen molar-refractivity contribution in [3.63, 3.8) is 0 Å². The summed E-state index contributed by atoms with van der Waals surface area (Å²) >= 11 is 0. The molecule has 284 valence electrons. The summed E-state index contributed by atoms with van der Waals surface area (Å²) in [6.45, 7) is 32.5. The van der Waals surface area contributed by atoms with E-state index in [0.717, 1.165) is 18.6 Å². The van der Waals surface area contributed by atoms with E-state index in [1.54, 1.807) is 5.56 Å². The van der Waals surface area contributed by atoms with Crippen LogP contribution in [-0.2, 0) is 34.5 Å². The van der Waals surface area contributed by atoms with Crippen LogP contribution in [0.15, 0.2) is 65.7 Å². The number of benzene rings is 4. The molecule has 54 heavy (non-hydrogen) atoms. The van der Waals surface area contributed by atoms with Gasteiger partial charge < -0.3 is 4.74 Å². The van der Waals surface area contributed by atoms with Crippen molar-refractivity contribution in [2.75, 3.05) is 7.11 Å². The maximum Gasteiger partial charge on any atom is 0.131 e. The number of nitrogens with one attached hydrogen (secondary N) is 1. The maximum absolute atomic E-state index is 6.47. The third kappa shape index (κ3) is 6.72. The molecule has 0 spiro atoms. The predicted octanol–water partition coefficient (Wildman–Crippen LogP) is 13.9. The molecule has 0 heterocycles. The zero-order valence-corrected chi connectivity index (χ0v) is 36.0. The second kappa shape index (κ2) is 13.1. The van der Waals surface area contributed by atoms with Gasteiger partial charge in [-0.1, -0.05) is 155 Å². The van der Waals surface area contributed by atoms with Crippen LogP contribution in [0.1, 0.15) is 171 Å². The molecule has 0 aromatic heterocycles. The molecule has 3 aliphatic rings. The zero-order chi connectivity index (χ0) is 39.3. The van der Waals surface area contributed by atoms with Crippen LogP contribution in [-0.4, -0.2) is 7.11 Å². The molecule has 2 heteroatoms. The molecule has 4 aromatic carbocycles. The third-order valence-electron chi connectivity index (χ3n) is 12.4. The first-order valence-corrected chi connectivity index (χ1v) is 20.4. The Kier molecular flexibility index (Phi) is 9.33. The molecule has 1 N–H and O–H groups in total. The second-order valence-corrected chi connectivity index (χ2v) is 20.8. The number of aryl methyl sites for hydroxylation is 1. The topological polar surface area (TPSA) is 21.3 Å². The van der Waals surface area contributed by atoms with Gasteiger partial charge in [0.1, 0.15) is 5.75 Å². The van der Waals surface area contributed by atoms with Gasteiger partial charge in [0.25, 0.3) is 0 Å². The van der Waals surface area contributed by atoms with Crippen molar-refractivity contribution in [3.8, 4) is 28.0 Å². The van der Waals surface area contributed by atoms with Crippen LogP contribution in [0.5, 0.6) is 5.75 Å². The van der Waals surface area contributed by atoms with E-state index in [1.165, 1.54) is 89.9 Å². The van der Waals surface area contributed by atoms with Crippen molar-refractivity contribution >= 4 is 12.2 Å². The number of hydrogen-bond donors (Lipinski definition) is 1. The lowest BCUT2D eigenvalue weighted by Gasteiger charge is -2.31. The highest BCUT2D eigenvalue weighted by Crippen LogP contribution is 2.52. The first-order valence-electron chi connectivity index (χ1n) is 20.4. The lowest BCUT2D eigenvalue weighted by atomic mass is 9.77. The van der Waals surface area contributed by atoms with Gasteiger partial charge in [0.05, 0.1) is 19.2 Å². The van der Waals surface area contributed by atoms with Gasteiger partial charge in [0, 0.05) is 11.1 Å². The number of methoxy groups -OCH3 is 1. The highest BCUT2D eigenvalue weighted by molar-refractivity contribution is 5.89. The fraction of sp³-hybridized carbons (Fsp3) is 0.462. The minimum absolute atomic E-state index is 0.0112. The summed E-state index contributed by atoms with van der Waals surface area (Å²) in [6.07, 6.45) is 8.49. The van der Waals surface area contributed by atoms with E-state index in [-0.39, 0.29) is 33.7 Å². The smallest absolute Gasteiger partial charge is 0.131 e. The monoisotopic (exact) mass is 720 g/mol. The van der Waals surface area contributed by atoms with Crippen LogP contribution in [0.4, 0.5) is 0 Å². The Labute approximate surface area is 327 Å². The van der Waals surface area contributed by atoms with Crippen LogP contribution in [0.25, 0.3) is 34.4 Å². The average Bonchev–Trinajstić information content (AvgIpc) is 3.76. The molecule has 0 aliphatic heterocycles. The minimum Gasteiger partial charge on any atom is -0.496 e. The highest BCUT2D eigenvalue weighted by Gasteiger charge is 2.37. The Morgan fingerprint density at radius 1 is 0.556 bits per heavy atom. The molecular weight excluding hydrogens is 655 g/mol. The molecule has 4 aromatic rings. The Morgan fingerprint density at radius 2 is 1.07 bits per heavy atom.